The predicted octanol–water partition coefficient (Wildman–Crippen LogP) is 4.12. The minimum absolute atomic E-state index is 0.00547. The van der Waals surface area contributed by atoms with Gasteiger partial charge in [0.15, 0.2) is 0 Å². The lowest BCUT2D eigenvalue weighted by atomic mass is 9.85. The topological polar surface area (TPSA) is 186 Å². The van der Waals surface area contributed by atoms with Crippen LogP contribution in [0, 0.1) is 17.3 Å². The smallest absolute Gasteiger partial charge is 0.408 e. The van der Waals surface area contributed by atoms with Gasteiger partial charge in [-0.25, -0.2) is 18.2 Å². The lowest BCUT2D eigenvalue weighted by Gasteiger charge is -2.35. The van der Waals surface area contributed by atoms with E-state index in [4.69, 9.17) is 19.2 Å². The number of nitrogens with one attached hydrogen (secondary N) is 3. The SMILES string of the molecule is C=CC1CC1(NC(=O)C1CC2CN1C(=O)C(C(C)(C)C)NC(=O)OC1CC1CCCCCc1c(nc3ccccc3c1CN1CCOCC1)O2)C(=O)NS(=O)(=O)C1(C)CC1. The van der Waals surface area contributed by atoms with E-state index in [1.165, 1.54) is 11.0 Å². The highest BCUT2D eigenvalue weighted by Crippen LogP contribution is 2.47. The number of rotatable bonds is 8. The van der Waals surface area contributed by atoms with Gasteiger partial charge in [0, 0.05) is 42.9 Å². The zero-order valence-corrected chi connectivity index (χ0v) is 36.1. The Balaban J connectivity index is 1.15. The van der Waals surface area contributed by atoms with Crippen molar-refractivity contribution < 1.29 is 41.8 Å². The van der Waals surface area contributed by atoms with Gasteiger partial charge in [-0.05, 0) is 74.8 Å². The molecule has 3 N–H and O–H groups in total. The largest absolute Gasteiger partial charge is 0.472 e. The van der Waals surface area contributed by atoms with E-state index >= 15 is 0 Å². The molecule has 0 spiro atoms. The summed E-state index contributed by atoms with van der Waals surface area (Å²) >= 11 is 0. The molecule has 2 saturated heterocycles. The lowest BCUT2D eigenvalue weighted by molar-refractivity contribution is -0.142. The molecule has 16 heteroatoms. The second kappa shape index (κ2) is 16.2. The number of pyridine rings is 1. The average Bonchev–Trinajstić information content (AvgIpc) is 4.16. The fraction of sp³-hybridized carbons (Fsp3) is 0.659. The first-order chi connectivity index (χ1) is 28.5. The number of para-hydroxylation sites is 1. The van der Waals surface area contributed by atoms with Crippen LogP contribution in [0.25, 0.3) is 10.9 Å². The van der Waals surface area contributed by atoms with Crippen LogP contribution in [-0.2, 0) is 46.8 Å². The third kappa shape index (κ3) is 8.61. The van der Waals surface area contributed by atoms with Crippen LogP contribution in [0.3, 0.4) is 0 Å². The van der Waals surface area contributed by atoms with Crippen molar-refractivity contribution in [2.45, 2.75) is 133 Å². The van der Waals surface area contributed by atoms with Gasteiger partial charge in [0.05, 0.1) is 30.0 Å². The molecule has 0 radical (unpaired) electrons. The molecule has 1 aromatic heterocycles. The van der Waals surface area contributed by atoms with Gasteiger partial charge in [-0.3, -0.25) is 24.0 Å². The molecule has 3 aliphatic heterocycles. The van der Waals surface area contributed by atoms with Gasteiger partial charge in [-0.1, -0.05) is 57.9 Å². The zero-order valence-electron chi connectivity index (χ0n) is 35.3. The average molecular weight is 849 g/mol. The van der Waals surface area contributed by atoms with E-state index < -0.39 is 73.6 Å². The predicted molar refractivity (Wildman–Crippen MR) is 223 cm³/mol. The maximum absolute atomic E-state index is 14.8. The molecule has 8 rings (SSSR count). The first-order valence-electron chi connectivity index (χ1n) is 21.7. The number of alkyl carbamates (subject to hydrolysis) is 1. The summed E-state index contributed by atoms with van der Waals surface area (Å²) in [7, 11) is -4.00. The van der Waals surface area contributed by atoms with E-state index in [1.807, 2.05) is 39.0 Å². The molecule has 5 fully saturated rings. The van der Waals surface area contributed by atoms with Crippen LogP contribution in [0.15, 0.2) is 36.9 Å². The second-order valence-electron chi connectivity index (χ2n) is 19.1. The van der Waals surface area contributed by atoms with Crippen LogP contribution in [-0.4, -0.2) is 114 Å². The highest BCUT2D eigenvalue weighted by molar-refractivity contribution is 7.91. The molecule has 7 atom stereocenters. The number of morpholine rings is 1. The van der Waals surface area contributed by atoms with E-state index in [0.29, 0.717) is 44.9 Å². The maximum atomic E-state index is 14.8. The summed E-state index contributed by atoms with van der Waals surface area (Å²) in [5.41, 5.74) is 0.577. The summed E-state index contributed by atoms with van der Waals surface area (Å²) in [6.45, 7) is 14.5. The standard InChI is InChI=1S/C44H60N6O9S/c1-6-28-24-44(28,40(53)48-60(55,56)43(5)16-17-43)47-37(51)34-23-29-25-50(34)39(52)36(42(2,3)4)46-41(54)59-35-22-27(35)12-8-7-9-14-31-32(26-49-18-20-57-21-19-49)30-13-10-11-15-33(30)45-38(31)58-29/h6,10-11,13,15,27-29,34-36H,1,7-9,12,14,16-26H2,2-5H3,(H,46,54)(H,47,51)(H,48,53). The Morgan fingerprint density at radius 3 is 2.52 bits per heavy atom. The number of fused-ring (bicyclic) bond motifs is 5. The summed E-state index contributed by atoms with van der Waals surface area (Å²) in [5.74, 6) is -1.76. The van der Waals surface area contributed by atoms with Crippen molar-refractivity contribution in [3.63, 3.8) is 0 Å². The maximum Gasteiger partial charge on any atom is 0.408 e. The normalized spacial score (nSPS) is 30.9. The lowest BCUT2D eigenvalue weighted by Crippen LogP contribution is -2.60. The Labute approximate surface area is 352 Å². The van der Waals surface area contributed by atoms with Crippen LogP contribution in [0.2, 0.25) is 0 Å². The Hall–Kier alpha value is -4.28. The highest BCUT2D eigenvalue weighted by atomic mass is 32.2. The molecule has 3 aliphatic carbocycles. The molecule has 2 bridgehead atoms. The summed E-state index contributed by atoms with van der Waals surface area (Å²) in [6, 6.07) is 5.83. The van der Waals surface area contributed by atoms with Gasteiger partial charge in [-0.2, -0.15) is 0 Å². The third-order valence-electron chi connectivity index (χ3n) is 13.6. The zero-order chi connectivity index (χ0) is 42.6. The Morgan fingerprint density at radius 2 is 1.82 bits per heavy atom. The van der Waals surface area contributed by atoms with Crippen molar-refractivity contribution >= 4 is 44.7 Å². The number of hydrogen-bond acceptors (Lipinski definition) is 11. The Morgan fingerprint density at radius 1 is 1.07 bits per heavy atom. The number of carbonyl (C=O) groups excluding carboxylic acids is 4. The van der Waals surface area contributed by atoms with Crippen LogP contribution >= 0.6 is 0 Å². The number of benzene rings is 1. The van der Waals surface area contributed by atoms with E-state index in [2.05, 4.69) is 32.9 Å². The first-order valence-corrected chi connectivity index (χ1v) is 23.2. The van der Waals surface area contributed by atoms with Crippen molar-refractivity contribution in [3.05, 3.63) is 48.0 Å². The molecule has 2 aromatic rings. The monoisotopic (exact) mass is 848 g/mol. The highest BCUT2D eigenvalue weighted by Gasteiger charge is 2.63. The first kappa shape index (κ1) is 42.4. The number of aromatic nitrogens is 1. The fourth-order valence-corrected chi connectivity index (χ4v) is 10.4. The molecule has 326 valence electrons. The van der Waals surface area contributed by atoms with Crippen LogP contribution in [0.4, 0.5) is 4.79 Å². The van der Waals surface area contributed by atoms with Crippen LogP contribution in [0.5, 0.6) is 5.88 Å². The van der Waals surface area contributed by atoms with Gasteiger partial charge in [0.2, 0.25) is 27.7 Å². The number of sulfonamides is 1. The quantitative estimate of drug-likeness (QED) is 0.325. The van der Waals surface area contributed by atoms with Crippen molar-refractivity contribution in [1.82, 2.24) is 30.1 Å². The number of hydrogen-bond donors (Lipinski definition) is 3. The van der Waals surface area contributed by atoms with Gasteiger partial charge in [0.25, 0.3) is 5.91 Å². The second-order valence-corrected chi connectivity index (χ2v) is 21.3. The van der Waals surface area contributed by atoms with E-state index in [1.54, 1.807) is 6.92 Å². The van der Waals surface area contributed by atoms with Crippen molar-refractivity contribution in [1.29, 1.82) is 0 Å². The molecule has 15 nitrogen and oxygen atoms in total. The molecule has 6 aliphatic rings. The molecule has 60 heavy (non-hydrogen) atoms. The van der Waals surface area contributed by atoms with Crippen molar-refractivity contribution in [3.8, 4) is 5.88 Å². The van der Waals surface area contributed by atoms with Gasteiger partial charge in [0.1, 0.15) is 29.8 Å². The number of ether oxygens (including phenoxy) is 3. The van der Waals surface area contributed by atoms with Crippen LogP contribution < -0.4 is 20.1 Å². The molecular weight excluding hydrogens is 789 g/mol. The van der Waals surface area contributed by atoms with Gasteiger partial charge < -0.3 is 29.7 Å². The summed E-state index contributed by atoms with van der Waals surface area (Å²) in [5, 5.41) is 6.77. The molecular formula is C44H60N6O9S. The van der Waals surface area contributed by atoms with Crippen molar-refractivity contribution in [2.24, 2.45) is 17.3 Å². The summed E-state index contributed by atoms with van der Waals surface area (Å²) in [4.78, 5) is 65.6. The third-order valence-corrected chi connectivity index (χ3v) is 15.7. The van der Waals surface area contributed by atoms with Gasteiger partial charge >= 0.3 is 6.09 Å². The Bertz CT molecular complexity index is 2150. The summed E-state index contributed by atoms with van der Waals surface area (Å²) < 4.78 is 45.9. The number of carbonyl (C=O) groups is 4. The fourth-order valence-electron chi connectivity index (χ4n) is 9.12. The number of amides is 4. The molecule has 4 amide bonds. The van der Waals surface area contributed by atoms with Crippen LogP contribution in [0.1, 0.15) is 96.6 Å². The molecule has 7 unspecified atom stereocenters. The van der Waals surface area contributed by atoms with E-state index in [-0.39, 0.29) is 31.4 Å². The van der Waals surface area contributed by atoms with Gasteiger partial charge in [-0.15, -0.1) is 6.58 Å². The number of nitrogens with zero attached hydrogens (tertiary/aromatic N) is 3. The molecule has 1 aromatic carbocycles. The minimum atomic E-state index is -4.00. The minimum Gasteiger partial charge on any atom is -0.472 e. The molecule has 4 heterocycles. The summed E-state index contributed by atoms with van der Waals surface area (Å²) in [6.07, 6.45) is 6.28. The molecule has 3 saturated carbocycles. The van der Waals surface area contributed by atoms with Crippen molar-refractivity contribution in [2.75, 3.05) is 32.8 Å². The van der Waals surface area contributed by atoms with E-state index in [9.17, 15) is 27.6 Å². The van der Waals surface area contributed by atoms with E-state index in [0.717, 1.165) is 67.2 Å². The Kier molecular flexibility index (Phi) is 11.5.